The molecule has 146 valence electrons. The van der Waals surface area contributed by atoms with Gasteiger partial charge in [0.15, 0.2) is 0 Å². The maximum Gasteiger partial charge on any atom is 0.312 e. The first-order valence-electron chi connectivity index (χ1n) is 8.60. The maximum absolute atomic E-state index is 12.8. The zero-order chi connectivity index (χ0) is 20.3. The largest absolute Gasteiger partial charge is 0.449 e. The molecule has 0 bridgehead atoms. The van der Waals surface area contributed by atoms with Crippen LogP contribution in [0.5, 0.6) is 11.5 Å². The second-order valence-electron chi connectivity index (χ2n) is 6.46. The molecule has 1 saturated heterocycles. The molecule has 1 aliphatic rings. The van der Waals surface area contributed by atoms with Crippen LogP contribution in [0.3, 0.4) is 0 Å². The molecule has 0 radical (unpaired) electrons. The first kappa shape index (κ1) is 19.8. The molecule has 1 heterocycles. The molecule has 28 heavy (non-hydrogen) atoms. The standard InChI is InChI=1S/C18H18N4O5S/c1-20-8-10-21(11-9-20)28(25,26)15-6-7-18(16(12-15)22(23)24)27-17-5-3-2-4-14(17)13-19/h2-7,12H,8-11H2,1H3/p+1. The third-order valence-electron chi connectivity index (χ3n) is 4.57. The molecule has 2 aromatic rings. The highest BCUT2D eigenvalue weighted by atomic mass is 32.2. The van der Waals surface area contributed by atoms with E-state index in [9.17, 15) is 18.5 Å². The SMILES string of the molecule is C[NH+]1CCN(S(=O)(=O)c2ccc(Oc3ccccc3C#N)c([N+](=O)[O-])c2)CC1. The third-order valence-corrected chi connectivity index (χ3v) is 6.46. The number of hydrogen-bond donors (Lipinski definition) is 1. The number of ether oxygens (including phenoxy) is 1. The quantitative estimate of drug-likeness (QED) is 0.582. The fourth-order valence-corrected chi connectivity index (χ4v) is 4.37. The van der Waals surface area contributed by atoms with Crippen LogP contribution in [0.1, 0.15) is 5.56 Å². The lowest BCUT2D eigenvalue weighted by Crippen LogP contribution is -3.12. The monoisotopic (exact) mass is 403 g/mol. The average molecular weight is 403 g/mol. The van der Waals surface area contributed by atoms with Crippen molar-refractivity contribution in [2.45, 2.75) is 4.90 Å². The Kier molecular flexibility index (Phi) is 5.60. The topological polar surface area (TPSA) is 118 Å². The molecule has 1 fully saturated rings. The highest BCUT2D eigenvalue weighted by Gasteiger charge is 2.31. The van der Waals surface area contributed by atoms with Gasteiger partial charge in [0.2, 0.25) is 15.8 Å². The molecule has 1 aliphatic heterocycles. The molecule has 0 aromatic heterocycles. The van der Waals surface area contributed by atoms with Crippen LogP contribution >= 0.6 is 0 Å². The van der Waals surface area contributed by atoms with Crippen molar-refractivity contribution in [2.75, 3.05) is 33.2 Å². The summed E-state index contributed by atoms with van der Waals surface area (Å²) in [5.41, 5.74) is -0.262. The van der Waals surface area contributed by atoms with Gasteiger partial charge in [-0.25, -0.2) is 8.42 Å². The van der Waals surface area contributed by atoms with Gasteiger partial charge in [-0.2, -0.15) is 9.57 Å². The second-order valence-corrected chi connectivity index (χ2v) is 8.40. The van der Waals surface area contributed by atoms with Crippen LogP contribution in [0.25, 0.3) is 0 Å². The molecule has 9 nitrogen and oxygen atoms in total. The Morgan fingerprint density at radius 1 is 1.18 bits per heavy atom. The molecule has 0 spiro atoms. The zero-order valence-electron chi connectivity index (χ0n) is 15.2. The molecule has 3 rings (SSSR count). The third kappa shape index (κ3) is 3.96. The predicted molar refractivity (Wildman–Crippen MR) is 99.7 cm³/mol. The number of hydrogen-bond acceptors (Lipinski definition) is 6. The van der Waals surface area contributed by atoms with E-state index in [1.54, 1.807) is 12.1 Å². The first-order valence-corrected chi connectivity index (χ1v) is 10.0. The average Bonchev–Trinajstić information content (AvgIpc) is 2.68. The van der Waals surface area contributed by atoms with E-state index in [2.05, 4.69) is 0 Å². The number of likely N-dealkylation sites (N-methyl/N-ethyl adjacent to an activating group) is 1. The summed E-state index contributed by atoms with van der Waals surface area (Å²) in [6, 6.07) is 11.8. The summed E-state index contributed by atoms with van der Waals surface area (Å²) in [6.07, 6.45) is 0. The lowest BCUT2D eigenvalue weighted by atomic mass is 10.2. The van der Waals surface area contributed by atoms with Crippen molar-refractivity contribution in [2.24, 2.45) is 0 Å². The molecular formula is C18H19N4O5S+. The number of nitriles is 1. The molecule has 0 amide bonds. The minimum absolute atomic E-state index is 0.130. The number of benzene rings is 2. The Morgan fingerprint density at radius 2 is 1.86 bits per heavy atom. The Labute approximate surface area is 162 Å². The summed E-state index contributed by atoms with van der Waals surface area (Å²) in [5, 5.41) is 20.7. The predicted octanol–water partition coefficient (Wildman–Crippen LogP) is 0.778. The van der Waals surface area contributed by atoms with Crippen LogP contribution < -0.4 is 9.64 Å². The van der Waals surface area contributed by atoms with Gasteiger partial charge in [0.1, 0.15) is 11.8 Å². The summed E-state index contributed by atoms with van der Waals surface area (Å²) in [5.74, 6) is 0.0280. The van der Waals surface area contributed by atoms with Gasteiger partial charge in [0.25, 0.3) is 0 Å². The molecule has 10 heteroatoms. The Bertz CT molecular complexity index is 1040. The van der Waals surface area contributed by atoms with Gasteiger partial charge in [-0.1, -0.05) is 12.1 Å². The molecule has 0 saturated carbocycles. The lowest BCUT2D eigenvalue weighted by molar-refractivity contribution is -0.883. The van der Waals surface area contributed by atoms with Gasteiger partial charge in [0, 0.05) is 6.07 Å². The highest BCUT2D eigenvalue weighted by molar-refractivity contribution is 7.89. The number of piperazine rings is 1. The van der Waals surface area contributed by atoms with E-state index in [1.165, 1.54) is 33.5 Å². The summed E-state index contributed by atoms with van der Waals surface area (Å²) in [7, 11) is -1.85. The molecular weight excluding hydrogens is 384 g/mol. The van der Waals surface area contributed by atoms with Crippen molar-refractivity contribution < 1.29 is 23.0 Å². The van der Waals surface area contributed by atoms with E-state index in [1.807, 2.05) is 13.1 Å². The number of nitro groups is 1. The van der Waals surface area contributed by atoms with Gasteiger partial charge >= 0.3 is 5.69 Å². The summed E-state index contributed by atoms with van der Waals surface area (Å²) < 4.78 is 32.6. The number of nitrogens with zero attached hydrogens (tertiary/aromatic N) is 3. The Hall–Kier alpha value is -3.00. The van der Waals surface area contributed by atoms with Crippen molar-refractivity contribution in [1.29, 1.82) is 5.26 Å². The lowest BCUT2D eigenvalue weighted by Gasteiger charge is -2.29. The molecule has 2 aromatic carbocycles. The summed E-state index contributed by atoms with van der Waals surface area (Å²) in [6.45, 7) is 2.06. The number of quaternary nitrogens is 1. The van der Waals surface area contributed by atoms with Gasteiger partial charge in [-0.05, 0) is 24.3 Å². The molecule has 0 aliphatic carbocycles. The molecule has 1 N–H and O–H groups in total. The fourth-order valence-electron chi connectivity index (χ4n) is 2.91. The van der Waals surface area contributed by atoms with E-state index in [0.717, 1.165) is 6.07 Å². The van der Waals surface area contributed by atoms with E-state index < -0.39 is 20.6 Å². The van der Waals surface area contributed by atoms with Crippen LogP contribution in [0, 0.1) is 21.4 Å². The van der Waals surface area contributed by atoms with E-state index in [-0.39, 0.29) is 22.0 Å². The van der Waals surface area contributed by atoms with E-state index in [0.29, 0.717) is 26.2 Å². The number of sulfonamides is 1. The smallest absolute Gasteiger partial charge is 0.312 e. The van der Waals surface area contributed by atoms with E-state index >= 15 is 0 Å². The number of nitro benzene ring substituents is 1. The number of rotatable bonds is 5. The van der Waals surface area contributed by atoms with Crippen molar-refractivity contribution in [3.05, 3.63) is 58.1 Å². The summed E-state index contributed by atoms with van der Waals surface area (Å²) in [4.78, 5) is 11.9. The van der Waals surface area contributed by atoms with Crippen molar-refractivity contribution >= 4 is 15.7 Å². The highest BCUT2D eigenvalue weighted by Crippen LogP contribution is 2.35. The fraction of sp³-hybridized carbons (Fsp3) is 0.278. The van der Waals surface area contributed by atoms with Crippen molar-refractivity contribution in [3.8, 4) is 17.6 Å². The van der Waals surface area contributed by atoms with Gasteiger partial charge in [-0.3, -0.25) is 10.1 Å². The number of para-hydroxylation sites is 1. The van der Waals surface area contributed by atoms with Gasteiger partial charge in [-0.15, -0.1) is 0 Å². The van der Waals surface area contributed by atoms with Gasteiger partial charge < -0.3 is 9.64 Å². The Balaban J connectivity index is 1.96. The summed E-state index contributed by atoms with van der Waals surface area (Å²) >= 11 is 0. The second kappa shape index (κ2) is 7.93. The Morgan fingerprint density at radius 3 is 2.50 bits per heavy atom. The van der Waals surface area contributed by atoms with Crippen molar-refractivity contribution in [1.82, 2.24) is 4.31 Å². The van der Waals surface area contributed by atoms with Crippen LogP contribution in [-0.4, -0.2) is 50.9 Å². The first-order chi connectivity index (χ1) is 13.3. The maximum atomic E-state index is 12.8. The molecule has 0 atom stereocenters. The van der Waals surface area contributed by atoms with E-state index in [4.69, 9.17) is 10.00 Å². The van der Waals surface area contributed by atoms with Crippen LogP contribution in [0.2, 0.25) is 0 Å². The normalized spacial score (nSPS) is 15.7. The van der Waals surface area contributed by atoms with Crippen LogP contribution in [0.4, 0.5) is 5.69 Å². The van der Waals surface area contributed by atoms with Crippen LogP contribution in [0.15, 0.2) is 47.4 Å². The van der Waals surface area contributed by atoms with Gasteiger partial charge in [0.05, 0.1) is 48.6 Å². The van der Waals surface area contributed by atoms with Crippen molar-refractivity contribution in [3.63, 3.8) is 0 Å². The molecule has 0 unspecified atom stereocenters. The van der Waals surface area contributed by atoms with Crippen LogP contribution in [-0.2, 0) is 10.0 Å². The number of nitrogens with one attached hydrogen (secondary N) is 1. The minimum atomic E-state index is -3.84. The zero-order valence-corrected chi connectivity index (χ0v) is 16.0. The minimum Gasteiger partial charge on any atom is -0.449 e.